The van der Waals surface area contributed by atoms with Crippen LogP contribution in [0.4, 0.5) is 0 Å². The summed E-state index contributed by atoms with van der Waals surface area (Å²) in [5.74, 6) is 0.661. The lowest BCUT2D eigenvalue weighted by Gasteiger charge is -2.19. The molecule has 1 unspecified atom stereocenters. The van der Waals surface area contributed by atoms with Crippen LogP contribution in [0.1, 0.15) is 39.5 Å². The van der Waals surface area contributed by atoms with Crippen LogP contribution >= 0.6 is 0 Å². The molecule has 1 heterocycles. The summed E-state index contributed by atoms with van der Waals surface area (Å²) in [7, 11) is 0. The van der Waals surface area contributed by atoms with E-state index in [-0.39, 0.29) is 12.2 Å². The van der Waals surface area contributed by atoms with Crippen LogP contribution < -0.4 is 9.47 Å². The fourth-order valence-corrected chi connectivity index (χ4v) is 3.10. The number of hydrogen-bond donors (Lipinski definition) is 0. The minimum Gasteiger partial charge on any atom is -0.486 e. The SMILES string of the molecule is Cc1cc(C)c(C(=O)C(C)OC(=O)Cc2ccc3c(c2)OCCO3)cc1C. The minimum absolute atomic E-state index is 0.0696. The average molecular weight is 368 g/mol. The van der Waals surface area contributed by atoms with Crippen LogP contribution in [0, 0.1) is 20.8 Å². The van der Waals surface area contributed by atoms with E-state index in [2.05, 4.69) is 0 Å². The zero-order valence-electron chi connectivity index (χ0n) is 16.1. The van der Waals surface area contributed by atoms with Crippen LogP contribution in [0.25, 0.3) is 0 Å². The molecule has 0 spiro atoms. The summed E-state index contributed by atoms with van der Waals surface area (Å²) in [4.78, 5) is 25.0. The predicted molar refractivity (Wildman–Crippen MR) is 102 cm³/mol. The number of hydrogen-bond acceptors (Lipinski definition) is 5. The van der Waals surface area contributed by atoms with Crippen molar-refractivity contribution in [3.8, 4) is 11.5 Å². The first-order valence-electron chi connectivity index (χ1n) is 9.05. The number of carbonyl (C=O) groups is 2. The molecule has 1 aliphatic rings. The van der Waals surface area contributed by atoms with Gasteiger partial charge in [0.05, 0.1) is 6.42 Å². The van der Waals surface area contributed by atoms with Gasteiger partial charge in [0.1, 0.15) is 13.2 Å². The topological polar surface area (TPSA) is 61.8 Å². The Morgan fingerprint density at radius 1 is 0.963 bits per heavy atom. The number of ketones is 1. The molecule has 142 valence electrons. The van der Waals surface area contributed by atoms with Crippen molar-refractivity contribution in [3.05, 3.63) is 58.1 Å². The molecule has 0 aromatic heterocycles. The van der Waals surface area contributed by atoms with Crippen molar-refractivity contribution < 1.29 is 23.8 Å². The van der Waals surface area contributed by atoms with E-state index < -0.39 is 12.1 Å². The van der Waals surface area contributed by atoms with Gasteiger partial charge in [-0.1, -0.05) is 12.1 Å². The first-order valence-corrected chi connectivity index (χ1v) is 9.05. The highest BCUT2D eigenvalue weighted by molar-refractivity contribution is 6.01. The van der Waals surface area contributed by atoms with Crippen molar-refractivity contribution >= 4 is 11.8 Å². The van der Waals surface area contributed by atoms with Gasteiger partial charge in [-0.15, -0.1) is 0 Å². The van der Waals surface area contributed by atoms with E-state index in [9.17, 15) is 9.59 Å². The lowest BCUT2D eigenvalue weighted by Crippen LogP contribution is -2.26. The van der Waals surface area contributed by atoms with Crippen LogP contribution in [-0.4, -0.2) is 31.1 Å². The molecule has 0 radical (unpaired) electrons. The molecule has 2 aromatic rings. The van der Waals surface area contributed by atoms with E-state index in [1.807, 2.05) is 32.9 Å². The molecule has 0 saturated heterocycles. The van der Waals surface area contributed by atoms with Gasteiger partial charge in [-0.2, -0.15) is 0 Å². The van der Waals surface area contributed by atoms with Crippen molar-refractivity contribution in [1.29, 1.82) is 0 Å². The third-order valence-corrected chi connectivity index (χ3v) is 4.74. The molecule has 2 aromatic carbocycles. The number of aryl methyl sites for hydroxylation is 3. The molecule has 1 atom stereocenters. The Kier molecular flexibility index (Phi) is 5.49. The van der Waals surface area contributed by atoms with Crippen molar-refractivity contribution in [3.63, 3.8) is 0 Å². The molecule has 0 fully saturated rings. The number of fused-ring (bicyclic) bond motifs is 1. The normalized spacial score (nSPS) is 13.8. The van der Waals surface area contributed by atoms with E-state index in [1.165, 1.54) is 0 Å². The van der Waals surface area contributed by atoms with Crippen LogP contribution in [0.5, 0.6) is 11.5 Å². The molecule has 27 heavy (non-hydrogen) atoms. The third kappa shape index (κ3) is 4.30. The van der Waals surface area contributed by atoms with Crippen molar-refractivity contribution in [1.82, 2.24) is 0 Å². The minimum atomic E-state index is -0.837. The zero-order chi connectivity index (χ0) is 19.6. The lowest BCUT2D eigenvalue weighted by atomic mass is 9.96. The maximum absolute atomic E-state index is 12.7. The molecule has 0 amide bonds. The largest absolute Gasteiger partial charge is 0.486 e. The monoisotopic (exact) mass is 368 g/mol. The van der Waals surface area contributed by atoms with Gasteiger partial charge in [0.15, 0.2) is 17.6 Å². The molecule has 0 saturated carbocycles. The Morgan fingerprint density at radius 2 is 1.63 bits per heavy atom. The second-order valence-corrected chi connectivity index (χ2v) is 6.90. The molecule has 5 nitrogen and oxygen atoms in total. The Morgan fingerprint density at radius 3 is 2.37 bits per heavy atom. The first-order chi connectivity index (χ1) is 12.8. The summed E-state index contributed by atoms with van der Waals surface area (Å²) in [6, 6.07) is 9.19. The fourth-order valence-electron chi connectivity index (χ4n) is 3.10. The summed E-state index contributed by atoms with van der Waals surface area (Å²) in [6.07, 6.45) is -0.768. The van der Waals surface area contributed by atoms with E-state index in [4.69, 9.17) is 14.2 Å². The summed E-state index contributed by atoms with van der Waals surface area (Å²) < 4.78 is 16.4. The van der Waals surface area contributed by atoms with Crippen LogP contribution in [0.15, 0.2) is 30.3 Å². The highest BCUT2D eigenvalue weighted by Gasteiger charge is 2.22. The van der Waals surface area contributed by atoms with Gasteiger partial charge in [0.25, 0.3) is 0 Å². The maximum atomic E-state index is 12.7. The van der Waals surface area contributed by atoms with Gasteiger partial charge in [-0.25, -0.2) is 0 Å². The zero-order valence-corrected chi connectivity index (χ0v) is 16.1. The quantitative estimate of drug-likeness (QED) is 0.594. The molecule has 1 aliphatic heterocycles. The van der Waals surface area contributed by atoms with Gasteiger partial charge in [-0.3, -0.25) is 9.59 Å². The number of esters is 1. The Labute approximate surface area is 159 Å². The van der Waals surface area contributed by atoms with Gasteiger partial charge in [-0.05, 0) is 68.1 Å². The van der Waals surface area contributed by atoms with Crippen LogP contribution in [-0.2, 0) is 16.0 Å². The molecule has 0 aliphatic carbocycles. The Balaban J connectivity index is 1.65. The number of carbonyl (C=O) groups excluding carboxylic acids is 2. The van der Waals surface area contributed by atoms with Crippen molar-refractivity contribution in [2.45, 2.75) is 40.2 Å². The maximum Gasteiger partial charge on any atom is 0.310 e. The number of Topliss-reactive ketones (excluding diaryl/α,β-unsaturated/α-hetero) is 1. The highest BCUT2D eigenvalue weighted by Crippen LogP contribution is 2.31. The fraction of sp³-hybridized carbons (Fsp3) is 0.364. The van der Waals surface area contributed by atoms with E-state index >= 15 is 0 Å². The van der Waals surface area contributed by atoms with Crippen molar-refractivity contribution in [2.24, 2.45) is 0 Å². The third-order valence-electron chi connectivity index (χ3n) is 4.74. The number of rotatable bonds is 5. The molecule has 0 bridgehead atoms. The van der Waals surface area contributed by atoms with E-state index in [1.54, 1.807) is 25.1 Å². The molecule has 3 rings (SSSR count). The lowest BCUT2D eigenvalue weighted by molar-refractivity contribution is -0.145. The van der Waals surface area contributed by atoms with Crippen LogP contribution in [0.2, 0.25) is 0 Å². The standard InChI is InChI=1S/C22H24O5/c1-13-9-15(3)18(10-14(13)2)22(24)16(4)27-21(23)12-17-5-6-19-20(11-17)26-8-7-25-19/h5-6,9-11,16H,7-8,12H2,1-4H3. The number of benzene rings is 2. The summed E-state index contributed by atoms with van der Waals surface area (Å²) in [5, 5.41) is 0. The predicted octanol–water partition coefficient (Wildman–Crippen LogP) is 3.74. The van der Waals surface area contributed by atoms with Gasteiger partial charge < -0.3 is 14.2 Å². The second kappa shape index (κ2) is 7.82. The Hall–Kier alpha value is -2.82. The molecular formula is C22H24O5. The second-order valence-electron chi connectivity index (χ2n) is 6.90. The molecule has 5 heteroatoms. The highest BCUT2D eigenvalue weighted by atomic mass is 16.6. The van der Waals surface area contributed by atoms with Gasteiger partial charge >= 0.3 is 5.97 Å². The van der Waals surface area contributed by atoms with Crippen molar-refractivity contribution in [2.75, 3.05) is 13.2 Å². The molecule has 0 N–H and O–H groups in total. The van der Waals surface area contributed by atoms with Gasteiger partial charge in [0, 0.05) is 5.56 Å². The Bertz CT molecular complexity index is 885. The summed E-state index contributed by atoms with van der Waals surface area (Å²) in [5.41, 5.74) is 4.41. The first kappa shape index (κ1) is 19.0. The number of ether oxygens (including phenoxy) is 3. The molecular weight excluding hydrogens is 344 g/mol. The average Bonchev–Trinajstić information content (AvgIpc) is 2.64. The van der Waals surface area contributed by atoms with Crippen LogP contribution in [0.3, 0.4) is 0 Å². The summed E-state index contributed by atoms with van der Waals surface area (Å²) >= 11 is 0. The smallest absolute Gasteiger partial charge is 0.310 e. The van der Waals surface area contributed by atoms with Gasteiger partial charge in [0.2, 0.25) is 5.78 Å². The van der Waals surface area contributed by atoms with E-state index in [0.29, 0.717) is 30.3 Å². The van der Waals surface area contributed by atoms with E-state index in [0.717, 1.165) is 22.3 Å². The summed E-state index contributed by atoms with van der Waals surface area (Å²) in [6.45, 7) is 8.48.